The molecule has 0 amide bonds. The Morgan fingerprint density at radius 1 is 0.349 bits per heavy atom. The van der Waals surface area contributed by atoms with Gasteiger partial charge in [-0.2, -0.15) is 0 Å². The maximum absolute atomic E-state index is 5.51. The summed E-state index contributed by atoms with van der Waals surface area (Å²) in [7, 11) is 0. The van der Waals surface area contributed by atoms with Gasteiger partial charge in [0.1, 0.15) is 0 Å². The molecule has 14 aromatic rings. The Hall–Kier alpha value is -8.12. The van der Waals surface area contributed by atoms with Crippen LogP contribution in [-0.4, -0.2) is 19.1 Å². The number of para-hydroxylation sites is 3. The third-order valence-electron chi connectivity index (χ3n) is 13.1. The summed E-state index contributed by atoms with van der Waals surface area (Å²) >= 11 is 1.83. The zero-order chi connectivity index (χ0) is 41.2. The molecule has 0 radical (unpaired) electrons. The van der Waals surface area contributed by atoms with Crippen molar-refractivity contribution in [3.63, 3.8) is 0 Å². The lowest BCUT2D eigenvalue weighted by atomic mass is 10.00. The first kappa shape index (κ1) is 34.6. The minimum Gasteiger partial charge on any atom is -0.309 e. The molecule has 63 heavy (non-hydrogen) atoms. The first-order valence-electron chi connectivity index (χ1n) is 21.4. The van der Waals surface area contributed by atoms with E-state index in [4.69, 9.17) is 9.97 Å². The van der Waals surface area contributed by atoms with Crippen molar-refractivity contribution in [3.05, 3.63) is 206 Å². The van der Waals surface area contributed by atoms with Crippen molar-refractivity contribution in [1.82, 2.24) is 19.1 Å². The van der Waals surface area contributed by atoms with Gasteiger partial charge in [0, 0.05) is 69.3 Å². The van der Waals surface area contributed by atoms with Crippen LogP contribution in [0.25, 0.3) is 130 Å². The highest BCUT2D eigenvalue weighted by Gasteiger charge is 2.21. The number of hydrogen-bond donors (Lipinski definition) is 0. The van der Waals surface area contributed by atoms with Gasteiger partial charge in [-0.15, -0.1) is 11.3 Å². The molecular weight excluding hydrogens is 785 g/mol. The predicted octanol–water partition coefficient (Wildman–Crippen LogP) is 15.8. The number of benzene rings is 10. The SMILES string of the molecule is c1ccc2cc3c(cc2c1)c1ccc(-n2c4ccccc4c4ccccc42)cc1n3-c1ccc(-c2nc(-c3cccc4c3sc3ccccc34)c3ccccc3n2)c2ccccc12. The van der Waals surface area contributed by atoms with E-state index in [1.165, 1.54) is 69.0 Å². The Balaban J connectivity index is 1.03. The van der Waals surface area contributed by atoms with Gasteiger partial charge in [0.2, 0.25) is 0 Å². The average Bonchev–Trinajstić information content (AvgIpc) is 4.00. The maximum Gasteiger partial charge on any atom is 0.161 e. The maximum atomic E-state index is 5.51. The highest BCUT2D eigenvalue weighted by Crippen LogP contribution is 2.44. The van der Waals surface area contributed by atoms with Crippen LogP contribution in [-0.2, 0) is 0 Å². The van der Waals surface area contributed by atoms with Crippen molar-refractivity contribution in [2.45, 2.75) is 0 Å². The second-order valence-corrected chi connectivity index (χ2v) is 17.5. The van der Waals surface area contributed by atoms with Gasteiger partial charge >= 0.3 is 0 Å². The van der Waals surface area contributed by atoms with Crippen LogP contribution in [0.2, 0.25) is 0 Å². The van der Waals surface area contributed by atoms with Crippen LogP contribution < -0.4 is 0 Å². The standard InChI is InChI=1S/C58H34N4S/c1-2-15-36-33-53-48(32-35(36)14-1)42-29-28-37(61-50-25-10-6-18-40(50)41-19-7-11-26-51(41)61)34-54(42)62(53)52-31-30-45(38-16-3-4-17-39(38)52)58-59-49-24-9-5-21-46(49)56(60-58)47-23-13-22-44-43-20-8-12-27-55(43)63-57(44)47/h1-34H. The lowest BCUT2D eigenvalue weighted by molar-refractivity contribution is 1.16. The van der Waals surface area contributed by atoms with Gasteiger partial charge in [-0.25, -0.2) is 9.97 Å². The van der Waals surface area contributed by atoms with E-state index in [0.29, 0.717) is 5.82 Å². The smallest absolute Gasteiger partial charge is 0.161 e. The third kappa shape index (κ3) is 5.03. The van der Waals surface area contributed by atoms with Gasteiger partial charge in [0.15, 0.2) is 5.82 Å². The predicted molar refractivity (Wildman–Crippen MR) is 267 cm³/mol. The highest BCUT2D eigenvalue weighted by molar-refractivity contribution is 7.26. The van der Waals surface area contributed by atoms with Crippen LogP contribution >= 0.6 is 11.3 Å². The minimum absolute atomic E-state index is 0.714. The number of nitrogens with zero attached hydrogens (tertiary/aromatic N) is 4. The molecule has 4 aromatic heterocycles. The topological polar surface area (TPSA) is 35.6 Å². The second kappa shape index (κ2) is 13.2. The lowest BCUT2D eigenvalue weighted by Crippen LogP contribution is -2.00. The number of hydrogen-bond acceptors (Lipinski definition) is 3. The molecule has 0 aliphatic carbocycles. The van der Waals surface area contributed by atoms with E-state index in [0.717, 1.165) is 55.4 Å². The van der Waals surface area contributed by atoms with Crippen molar-refractivity contribution < 1.29 is 0 Å². The Morgan fingerprint density at radius 3 is 1.78 bits per heavy atom. The molecule has 4 nitrogen and oxygen atoms in total. The van der Waals surface area contributed by atoms with Gasteiger partial charge in [-0.05, 0) is 76.8 Å². The van der Waals surface area contributed by atoms with Crippen molar-refractivity contribution in [3.8, 4) is 34.0 Å². The number of rotatable bonds is 4. The zero-order valence-corrected chi connectivity index (χ0v) is 34.6. The Kier molecular flexibility index (Phi) is 7.24. The largest absolute Gasteiger partial charge is 0.309 e. The molecule has 0 spiro atoms. The fourth-order valence-electron chi connectivity index (χ4n) is 10.3. The van der Waals surface area contributed by atoms with Crippen LogP contribution in [0.5, 0.6) is 0 Å². The molecule has 5 heteroatoms. The third-order valence-corrected chi connectivity index (χ3v) is 14.3. The molecule has 0 saturated carbocycles. The average molecular weight is 819 g/mol. The molecule has 0 aliphatic rings. The summed E-state index contributed by atoms with van der Waals surface area (Å²) in [4.78, 5) is 10.8. The molecule has 4 heterocycles. The van der Waals surface area contributed by atoms with Crippen LogP contribution in [0.1, 0.15) is 0 Å². The molecule has 10 aromatic carbocycles. The van der Waals surface area contributed by atoms with E-state index in [-0.39, 0.29) is 0 Å². The fraction of sp³-hybridized carbons (Fsp3) is 0. The van der Waals surface area contributed by atoms with E-state index < -0.39 is 0 Å². The fourth-order valence-corrected chi connectivity index (χ4v) is 11.5. The number of fused-ring (bicyclic) bond motifs is 12. The lowest BCUT2D eigenvalue weighted by Gasteiger charge is -2.16. The molecule has 292 valence electrons. The van der Waals surface area contributed by atoms with Gasteiger partial charge in [0.05, 0.1) is 39.0 Å². The van der Waals surface area contributed by atoms with Crippen LogP contribution in [0, 0.1) is 0 Å². The molecule has 0 saturated heterocycles. The van der Waals surface area contributed by atoms with E-state index >= 15 is 0 Å². The van der Waals surface area contributed by atoms with Crippen molar-refractivity contribution in [2.75, 3.05) is 0 Å². The summed E-state index contributed by atoms with van der Waals surface area (Å²) < 4.78 is 7.42. The van der Waals surface area contributed by atoms with Gasteiger partial charge in [-0.3, -0.25) is 0 Å². The first-order valence-corrected chi connectivity index (χ1v) is 22.2. The summed E-state index contributed by atoms with van der Waals surface area (Å²) in [6.07, 6.45) is 0. The van der Waals surface area contributed by atoms with E-state index in [1.54, 1.807) is 0 Å². The molecule has 0 atom stereocenters. The van der Waals surface area contributed by atoms with Gasteiger partial charge < -0.3 is 9.13 Å². The molecular formula is C58H34N4S. The zero-order valence-electron chi connectivity index (χ0n) is 33.8. The molecule has 0 aliphatic heterocycles. The van der Waals surface area contributed by atoms with Crippen molar-refractivity contribution in [2.24, 2.45) is 0 Å². The summed E-state index contributed by atoms with van der Waals surface area (Å²) in [5.41, 5.74) is 11.0. The Bertz CT molecular complexity index is 4170. The van der Waals surface area contributed by atoms with Crippen molar-refractivity contribution >= 4 is 108 Å². The first-order chi connectivity index (χ1) is 31.2. The van der Waals surface area contributed by atoms with Gasteiger partial charge in [0.25, 0.3) is 0 Å². The quantitative estimate of drug-likeness (QED) is 0.177. The molecule has 0 fully saturated rings. The minimum atomic E-state index is 0.714. The van der Waals surface area contributed by atoms with Crippen LogP contribution in [0.15, 0.2) is 206 Å². The Labute approximate surface area is 365 Å². The summed E-state index contributed by atoms with van der Waals surface area (Å²) in [5, 5.41) is 13.2. The van der Waals surface area contributed by atoms with E-state index in [1.807, 2.05) is 11.3 Å². The normalized spacial score (nSPS) is 12.1. The second-order valence-electron chi connectivity index (χ2n) is 16.5. The monoisotopic (exact) mass is 818 g/mol. The van der Waals surface area contributed by atoms with E-state index in [9.17, 15) is 0 Å². The van der Waals surface area contributed by atoms with Gasteiger partial charge in [-0.1, -0.05) is 146 Å². The summed E-state index contributed by atoms with van der Waals surface area (Å²) in [6.45, 7) is 0. The molecule has 0 N–H and O–H groups in total. The number of thiophene rings is 1. The van der Waals surface area contributed by atoms with E-state index in [2.05, 4.69) is 215 Å². The van der Waals surface area contributed by atoms with Crippen LogP contribution in [0.4, 0.5) is 0 Å². The molecule has 0 bridgehead atoms. The highest BCUT2D eigenvalue weighted by atomic mass is 32.1. The summed E-state index contributed by atoms with van der Waals surface area (Å²) in [6, 6.07) is 74.9. The molecule has 14 rings (SSSR count). The van der Waals surface area contributed by atoms with Crippen molar-refractivity contribution in [1.29, 1.82) is 0 Å². The summed E-state index contributed by atoms with van der Waals surface area (Å²) in [5.74, 6) is 0.714. The van der Waals surface area contributed by atoms with Crippen LogP contribution in [0.3, 0.4) is 0 Å². The number of aromatic nitrogens is 4. The Morgan fingerprint density at radius 2 is 0.968 bits per heavy atom. The molecule has 0 unspecified atom stereocenters.